The number of anilines is 1. The minimum atomic E-state index is -0.273. The maximum atomic E-state index is 12.6. The van der Waals surface area contributed by atoms with E-state index in [1.54, 1.807) is 28.0 Å². The molecule has 0 spiro atoms. The summed E-state index contributed by atoms with van der Waals surface area (Å²) in [6.07, 6.45) is 0.300. The van der Waals surface area contributed by atoms with Crippen molar-refractivity contribution in [2.45, 2.75) is 37.0 Å². The number of hydrogen-bond donors (Lipinski definition) is 1. The van der Waals surface area contributed by atoms with Crippen molar-refractivity contribution >= 4 is 40.6 Å². The number of carbonyl (C=O) groups is 2. The van der Waals surface area contributed by atoms with Crippen LogP contribution in [-0.2, 0) is 15.3 Å². The SMILES string of the molecule is CC(C)N1CC(C(=O)Nc2ccccc2SCc2ccsc2)CC1=O. The summed E-state index contributed by atoms with van der Waals surface area (Å²) in [5.41, 5.74) is 2.10. The van der Waals surface area contributed by atoms with Gasteiger partial charge in [-0.25, -0.2) is 0 Å². The van der Waals surface area contributed by atoms with Crippen molar-refractivity contribution in [2.75, 3.05) is 11.9 Å². The van der Waals surface area contributed by atoms with E-state index in [9.17, 15) is 9.59 Å². The Morgan fingerprint density at radius 3 is 2.84 bits per heavy atom. The number of thioether (sulfide) groups is 1. The van der Waals surface area contributed by atoms with E-state index < -0.39 is 0 Å². The lowest BCUT2D eigenvalue weighted by molar-refractivity contribution is -0.129. The van der Waals surface area contributed by atoms with Crippen LogP contribution in [0.4, 0.5) is 5.69 Å². The normalized spacial score (nSPS) is 17.3. The third kappa shape index (κ3) is 4.44. The second-order valence-electron chi connectivity index (χ2n) is 6.45. The van der Waals surface area contributed by atoms with Crippen molar-refractivity contribution in [2.24, 2.45) is 5.92 Å². The Morgan fingerprint density at radius 2 is 2.16 bits per heavy atom. The molecular formula is C19H22N2O2S2. The monoisotopic (exact) mass is 374 g/mol. The minimum Gasteiger partial charge on any atom is -0.339 e. The first-order valence-corrected chi connectivity index (χ1v) is 10.3. The van der Waals surface area contributed by atoms with Gasteiger partial charge in [0.1, 0.15) is 0 Å². The fraction of sp³-hybridized carbons (Fsp3) is 0.368. The first kappa shape index (κ1) is 18.0. The summed E-state index contributed by atoms with van der Waals surface area (Å²) in [5, 5.41) is 7.23. The van der Waals surface area contributed by atoms with Crippen molar-refractivity contribution in [3.63, 3.8) is 0 Å². The zero-order valence-electron chi connectivity index (χ0n) is 14.4. The Morgan fingerprint density at radius 1 is 1.36 bits per heavy atom. The van der Waals surface area contributed by atoms with Gasteiger partial charge in [0.05, 0.1) is 11.6 Å². The van der Waals surface area contributed by atoms with Crippen LogP contribution >= 0.6 is 23.1 Å². The lowest BCUT2D eigenvalue weighted by Crippen LogP contribution is -2.33. The van der Waals surface area contributed by atoms with Crippen LogP contribution in [0.3, 0.4) is 0 Å². The highest BCUT2D eigenvalue weighted by Crippen LogP contribution is 2.31. The summed E-state index contributed by atoms with van der Waals surface area (Å²) in [6.45, 7) is 4.47. The average molecular weight is 375 g/mol. The van der Waals surface area contributed by atoms with Gasteiger partial charge in [0.15, 0.2) is 0 Å². The molecule has 1 aliphatic heterocycles. The molecular weight excluding hydrogens is 352 g/mol. The second kappa shape index (κ2) is 8.06. The van der Waals surface area contributed by atoms with E-state index >= 15 is 0 Å². The summed E-state index contributed by atoms with van der Waals surface area (Å²) < 4.78 is 0. The molecule has 0 radical (unpaired) electrons. The van der Waals surface area contributed by atoms with E-state index in [1.165, 1.54) is 5.56 Å². The van der Waals surface area contributed by atoms with Gasteiger partial charge in [-0.05, 0) is 48.4 Å². The predicted molar refractivity (Wildman–Crippen MR) is 104 cm³/mol. The molecule has 1 atom stereocenters. The lowest BCUT2D eigenvalue weighted by atomic mass is 10.1. The van der Waals surface area contributed by atoms with Crippen LogP contribution in [-0.4, -0.2) is 29.3 Å². The molecule has 2 amide bonds. The van der Waals surface area contributed by atoms with Crippen LogP contribution in [0.5, 0.6) is 0 Å². The van der Waals surface area contributed by atoms with Gasteiger partial charge < -0.3 is 10.2 Å². The maximum Gasteiger partial charge on any atom is 0.229 e. The molecule has 4 nitrogen and oxygen atoms in total. The first-order chi connectivity index (χ1) is 12.0. The minimum absolute atomic E-state index is 0.0651. The molecule has 0 bridgehead atoms. The number of amides is 2. The number of nitrogens with one attached hydrogen (secondary N) is 1. The van der Waals surface area contributed by atoms with Crippen LogP contribution in [0.2, 0.25) is 0 Å². The van der Waals surface area contributed by atoms with Gasteiger partial charge in [0.2, 0.25) is 11.8 Å². The number of hydrogen-bond acceptors (Lipinski definition) is 4. The largest absolute Gasteiger partial charge is 0.339 e. The summed E-state index contributed by atoms with van der Waals surface area (Å²) in [7, 11) is 0. The van der Waals surface area contributed by atoms with Gasteiger partial charge in [0, 0.05) is 29.7 Å². The number of likely N-dealkylation sites (tertiary alicyclic amines) is 1. The summed E-state index contributed by atoms with van der Waals surface area (Å²) in [4.78, 5) is 27.5. The molecule has 1 fully saturated rings. The Balaban J connectivity index is 1.64. The molecule has 1 N–H and O–H groups in total. The van der Waals surface area contributed by atoms with E-state index in [4.69, 9.17) is 0 Å². The fourth-order valence-electron chi connectivity index (χ4n) is 2.87. The highest BCUT2D eigenvalue weighted by Gasteiger charge is 2.35. The third-order valence-corrected chi connectivity index (χ3v) is 6.15. The number of para-hydroxylation sites is 1. The van der Waals surface area contributed by atoms with Crippen molar-refractivity contribution in [3.05, 3.63) is 46.7 Å². The van der Waals surface area contributed by atoms with E-state index in [-0.39, 0.29) is 23.8 Å². The van der Waals surface area contributed by atoms with Gasteiger partial charge >= 0.3 is 0 Å². The number of carbonyl (C=O) groups excluding carboxylic acids is 2. The standard InChI is InChI=1S/C19H22N2O2S2/c1-13(2)21-10-15(9-18(21)22)19(23)20-16-5-3-4-6-17(16)25-12-14-7-8-24-11-14/h3-8,11,13,15H,9-10,12H2,1-2H3,(H,20,23). The summed E-state index contributed by atoms with van der Waals surface area (Å²) >= 11 is 3.40. The highest BCUT2D eigenvalue weighted by molar-refractivity contribution is 7.98. The van der Waals surface area contributed by atoms with Crippen LogP contribution in [0.25, 0.3) is 0 Å². The van der Waals surface area contributed by atoms with Gasteiger partial charge in [0.25, 0.3) is 0 Å². The van der Waals surface area contributed by atoms with Crippen LogP contribution in [0, 0.1) is 5.92 Å². The number of benzene rings is 1. The fourth-order valence-corrected chi connectivity index (χ4v) is 4.60. The van der Waals surface area contributed by atoms with E-state index in [0.29, 0.717) is 13.0 Å². The smallest absolute Gasteiger partial charge is 0.229 e. The predicted octanol–water partition coefficient (Wildman–Crippen LogP) is 4.24. The van der Waals surface area contributed by atoms with Crippen molar-refractivity contribution in [1.82, 2.24) is 4.90 Å². The number of thiophene rings is 1. The Bertz CT molecular complexity index is 744. The Kier molecular flexibility index (Phi) is 5.81. The molecule has 0 saturated carbocycles. The van der Waals surface area contributed by atoms with Gasteiger partial charge in [-0.1, -0.05) is 12.1 Å². The molecule has 1 aromatic heterocycles. The molecule has 1 unspecified atom stereocenters. The molecule has 25 heavy (non-hydrogen) atoms. The van der Waals surface area contributed by atoms with Crippen molar-refractivity contribution in [1.29, 1.82) is 0 Å². The molecule has 2 aromatic rings. The average Bonchev–Trinajstić information content (AvgIpc) is 3.23. The molecule has 0 aliphatic carbocycles. The summed E-state index contributed by atoms with van der Waals surface area (Å²) in [5.74, 6) is 0.597. The molecule has 132 valence electrons. The van der Waals surface area contributed by atoms with Crippen molar-refractivity contribution in [3.8, 4) is 0 Å². The zero-order chi connectivity index (χ0) is 17.8. The Labute approximate surface area is 156 Å². The molecule has 6 heteroatoms. The summed E-state index contributed by atoms with van der Waals surface area (Å²) in [6, 6.07) is 10.1. The van der Waals surface area contributed by atoms with E-state index in [1.807, 2.05) is 38.1 Å². The lowest BCUT2D eigenvalue weighted by Gasteiger charge is -2.20. The molecule has 1 aromatic carbocycles. The van der Waals surface area contributed by atoms with Gasteiger partial charge in [-0.2, -0.15) is 11.3 Å². The topological polar surface area (TPSA) is 49.4 Å². The zero-order valence-corrected chi connectivity index (χ0v) is 16.0. The molecule has 3 rings (SSSR count). The van der Waals surface area contributed by atoms with E-state index in [2.05, 4.69) is 22.1 Å². The Hall–Kier alpha value is -1.79. The molecule has 1 aliphatic rings. The van der Waals surface area contributed by atoms with Crippen LogP contribution in [0.1, 0.15) is 25.8 Å². The highest BCUT2D eigenvalue weighted by atomic mass is 32.2. The third-order valence-electron chi connectivity index (χ3n) is 4.27. The molecule has 1 saturated heterocycles. The van der Waals surface area contributed by atoms with Gasteiger partial charge in [-0.15, -0.1) is 11.8 Å². The molecule has 2 heterocycles. The maximum absolute atomic E-state index is 12.6. The number of rotatable bonds is 6. The number of nitrogens with zero attached hydrogens (tertiary/aromatic N) is 1. The van der Waals surface area contributed by atoms with E-state index in [0.717, 1.165) is 16.3 Å². The van der Waals surface area contributed by atoms with Crippen LogP contribution in [0.15, 0.2) is 46.0 Å². The quantitative estimate of drug-likeness (QED) is 0.770. The second-order valence-corrected chi connectivity index (χ2v) is 8.24. The van der Waals surface area contributed by atoms with Crippen molar-refractivity contribution < 1.29 is 9.59 Å². The van der Waals surface area contributed by atoms with Crippen LogP contribution < -0.4 is 5.32 Å². The van der Waals surface area contributed by atoms with Gasteiger partial charge in [-0.3, -0.25) is 9.59 Å². The first-order valence-electron chi connectivity index (χ1n) is 8.38.